The van der Waals surface area contributed by atoms with E-state index in [4.69, 9.17) is 0 Å². The molecule has 37 heavy (non-hydrogen) atoms. The Labute approximate surface area is 225 Å². The third-order valence-corrected chi connectivity index (χ3v) is 6.73. The molecule has 0 fully saturated rings. The molecule has 1 aromatic heterocycles. The number of unbranched alkanes of at least 4 members (excludes halogenated alkanes) is 1. The van der Waals surface area contributed by atoms with Crippen LogP contribution in [0.5, 0.6) is 0 Å². The van der Waals surface area contributed by atoms with Crippen LogP contribution in [-0.4, -0.2) is 56.2 Å². The van der Waals surface area contributed by atoms with Gasteiger partial charge in [-0.25, -0.2) is 5.10 Å². The van der Waals surface area contributed by atoms with E-state index >= 15 is 0 Å². The SMILES string of the molecule is CCCCC(=O)N(CCNC(=O)[C@@H](CS)CC(C)C)Cc1ccc(-c2ccccc2-c2nnn[nH]2)cc1. The smallest absolute Gasteiger partial charge is 0.224 e. The van der Waals surface area contributed by atoms with Crippen molar-refractivity contribution >= 4 is 24.4 Å². The first-order chi connectivity index (χ1) is 17.9. The fourth-order valence-electron chi connectivity index (χ4n) is 4.29. The molecule has 0 radical (unpaired) electrons. The third kappa shape index (κ3) is 8.42. The summed E-state index contributed by atoms with van der Waals surface area (Å²) in [5, 5.41) is 17.3. The molecule has 3 rings (SSSR count). The highest BCUT2D eigenvalue weighted by Gasteiger charge is 2.19. The summed E-state index contributed by atoms with van der Waals surface area (Å²) in [6, 6.07) is 16.1. The standard InChI is InChI=1S/C28H38N6O2S/c1-4-5-10-26(35)34(16-15-29-28(36)23(19-37)17-20(2)3)18-21-11-13-22(14-12-21)24-8-6-7-9-25(24)27-30-32-33-31-27/h6-9,11-14,20,23,37H,4-5,10,15-19H2,1-3H3,(H,29,36)(H,30,31,32,33)/t23-/m1/s1. The number of thiol groups is 1. The number of benzene rings is 2. The van der Waals surface area contributed by atoms with Crippen LogP contribution >= 0.6 is 12.6 Å². The summed E-state index contributed by atoms with van der Waals surface area (Å²) in [4.78, 5) is 27.4. The van der Waals surface area contributed by atoms with Crippen LogP contribution in [0.15, 0.2) is 48.5 Å². The van der Waals surface area contributed by atoms with Gasteiger partial charge in [0.05, 0.1) is 0 Å². The predicted octanol–water partition coefficient (Wildman–Crippen LogP) is 4.76. The van der Waals surface area contributed by atoms with Gasteiger partial charge in [0.25, 0.3) is 0 Å². The highest BCUT2D eigenvalue weighted by atomic mass is 32.1. The molecule has 0 bridgehead atoms. The van der Waals surface area contributed by atoms with Crippen molar-refractivity contribution in [2.45, 2.75) is 53.0 Å². The van der Waals surface area contributed by atoms with Gasteiger partial charge in [0.1, 0.15) is 0 Å². The number of hydrogen-bond acceptors (Lipinski definition) is 6. The molecule has 2 amide bonds. The van der Waals surface area contributed by atoms with Crippen molar-refractivity contribution in [1.82, 2.24) is 30.8 Å². The van der Waals surface area contributed by atoms with E-state index < -0.39 is 0 Å². The summed E-state index contributed by atoms with van der Waals surface area (Å²) in [6.45, 7) is 7.68. The zero-order valence-corrected chi connectivity index (χ0v) is 22.9. The number of hydrogen-bond donors (Lipinski definition) is 3. The Morgan fingerprint density at radius 1 is 1.08 bits per heavy atom. The van der Waals surface area contributed by atoms with Crippen LogP contribution in [0.25, 0.3) is 22.5 Å². The first-order valence-electron chi connectivity index (χ1n) is 13.0. The maximum absolute atomic E-state index is 13.0. The van der Waals surface area contributed by atoms with Crippen molar-refractivity contribution in [3.63, 3.8) is 0 Å². The van der Waals surface area contributed by atoms with Gasteiger partial charge in [0.2, 0.25) is 11.8 Å². The van der Waals surface area contributed by atoms with Gasteiger partial charge in [-0.05, 0) is 45.9 Å². The van der Waals surface area contributed by atoms with Crippen LogP contribution in [0.1, 0.15) is 52.0 Å². The molecule has 2 aromatic carbocycles. The summed E-state index contributed by atoms with van der Waals surface area (Å²) in [5.74, 6) is 1.56. The average molecular weight is 523 g/mol. The van der Waals surface area contributed by atoms with Crippen LogP contribution < -0.4 is 5.32 Å². The molecule has 0 aliphatic heterocycles. The summed E-state index contributed by atoms with van der Waals surface area (Å²) < 4.78 is 0. The fraction of sp³-hybridized carbons (Fsp3) is 0.464. The van der Waals surface area contributed by atoms with Gasteiger partial charge in [-0.1, -0.05) is 75.7 Å². The van der Waals surface area contributed by atoms with Crippen molar-refractivity contribution in [3.8, 4) is 22.5 Å². The number of amides is 2. The number of nitrogens with zero attached hydrogens (tertiary/aromatic N) is 4. The first kappa shape index (κ1) is 28.4. The molecular formula is C28H38N6O2S. The average Bonchev–Trinajstić information content (AvgIpc) is 3.45. The molecule has 1 heterocycles. The first-order valence-corrected chi connectivity index (χ1v) is 13.6. The molecule has 0 spiro atoms. The van der Waals surface area contributed by atoms with E-state index in [0.717, 1.165) is 41.5 Å². The minimum atomic E-state index is -0.115. The largest absolute Gasteiger partial charge is 0.354 e. The molecule has 0 aliphatic rings. The summed E-state index contributed by atoms with van der Waals surface area (Å²) in [6.07, 6.45) is 3.12. The number of aromatic amines is 1. The van der Waals surface area contributed by atoms with Crippen molar-refractivity contribution in [3.05, 3.63) is 54.1 Å². The number of H-pyrrole nitrogens is 1. The molecule has 0 unspecified atom stereocenters. The highest BCUT2D eigenvalue weighted by Crippen LogP contribution is 2.29. The van der Waals surface area contributed by atoms with E-state index in [1.54, 1.807) is 0 Å². The molecule has 9 heteroatoms. The van der Waals surface area contributed by atoms with E-state index in [1.165, 1.54) is 0 Å². The van der Waals surface area contributed by atoms with Crippen LogP contribution in [0.4, 0.5) is 0 Å². The normalized spacial score (nSPS) is 11.9. The summed E-state index contributed by atoms with van der Waals surface area (Å²) >= 11 is 4.35. The van der Waals surface area contributed by atoms with Gasteiger partial charge in [0, 0.05) is 43.3 Å². The second-order valence-corrected chi connectivity index (χ2v) is 10.1. The lowest BCUT2D eigenvalue weighted by Gasteiger charge is -2.24. The molecule has 198 valence electrons. The lowest BCUT2D eigenvalue weighted by molar-refractivity contribution is -0.132. The zero-order valence-electron chi connectivity index (χ0n) is 22.0. The Kier molecular flexibility index (Phi) is 11.1. The van der Waals surface area contributed by atoms with E-state index in [9.17, 15) is 9.59 Å². The van der Waals surface area contributed by atoms with E-state index in [2.05, 4.69) is 71.5 Å². The van der Waals surface area contributed by atoms with Gasteiger partial charge in [-0.3, -0.25) is 9.59 Å². The number of carbonyl (C=O) groups excluding carboxylic acids is 2. The van der Waals surface area contributed by atoms with Crippen LogP contribution in [-0.2, 0) is 16.1 Å². The minimum Gasteiger partial charge on any atom is -0.354 e. The summed E-state index contributed by atoms with van der Waals surface area (Å²) in [7, 11) is 0. The Bertz CT molecular complexity index is 1120. The fourth-order valence-corrected chi connectivity index (χ4v) is 4.61. The van der Waals surface area contributed by atoms with Crippen molar-refractivity contribution < 1.29 is 9.59 Å². The minimum absolute atomic E-state index is 0.00892. The van der Waals surface area contributed by atoms with E-state index in [-0.39, 0.29) is 17.7 Å². The third-order valence-electron chi connectivity index (χ3n) is 6.29. The summed E-state index contributed by atoms with van der Waals surface area (Å²) in [5.41, 5.74) is 4.01. The molecule has 3 aromatic rings. The van der Waals surface area contributed by atoms with E-state index in [1.807, 2.05) is 41.3 Å². The molecule has 0 saturated heterocycles. The second-order valence-electron chi connectivity index (χ2n) is 9.71. The Morgan fingerprint density at radius 2 is 1.81 bits per heavy atom. The van der Waals surface area contributed by atoms with Crippen molar-refractivity contribution in [2.24, 2.45) is 11.8 Å². The molecule has 0 saturated carbocycles. The van der Waals surface area contributed by atoms with Crippen LogP contribution in [0, 0.1) is 11.8 Å². The number of rotatable bonds is 14. The van der Waals surface area contributed by atoms with Crippen molar-refractivity contribution in [2.75, 3.05) is 18.8 Å². The van der Waals surface area contributed by atoms with Gasteiger partial charge in [-0.2, -0.15) is 12.6 Å². The molecular weight excluding hydrogens is 484 g/mol. The number of aromatic nitrogens is 4. The van der Waals surface area contributed by atoms with Gasteiger partial charge < -0.3 is 10.2 Å². The number of tetrazole rings is 1. The molecule has 1 atom stereocenters. The van der Waals surface area contributed by atoms with Gasteiger partial charge in [-0.15, -0.1) is 5.10 Å². The van der Waals surface area contributed by atoms with Gasteiger partial charge in [0.15, 0.2) is 5.82 Å². The molecule has 2 N–H and O–H groups in total. The lowest BCUT2D eigenvalue weighted by Crippen LogP contribution is -2.40. The van der Waals surface area contributed by atoms with Crippen molar-refractivity contribution in [1.29, 1.82) is 0 Å². The monoisotopic (exact) mass is 522 g/mol. The highest BCUT2D eigenvalue weighted by molar-refractivity contribution is 7.80. The molecule has 0 aliphatic carbocycles. The lowest BCUT2D eigenvalue weighted by atomic mass is 9.98. The number of carbonyl (C=O) groups is 2. The van der Waals surface area contributed by atoms with Gasteiger partial charge >= 0.3 is 0 Å². The second kappa shape index (κ2) is 14.5. The van der Waals surface area contributed by atoms with Crippen LogP contribution in [0.2, 0.25) is 0 Å². The Morgan fingerprint density at radius 3 is 2.43 bits per heavy atom. The topological polar surface area (TPSA) is 104 Å². The molecule has 8 nitrogen and oxygen atoms in total. The van der Waals surface area contributed by atoms with E-state index in [0.29, 0.717) is 43.6 Å². The Hall–Kier alpha value is -3.20. The Balaban J connectivity index is 1.68. The maximum Gasteiger partial charge on any atom is 0.224 e. The van der Waals surface area contributed by atoms with Crippen LogP contribution in [0.3, 0.4) is 0 Å². The number of nitrogens with one attached hydrogen (secondary N) is 2. The maximum atomic E-state index is 13.0. The quantitative estimate of drug-likeness (QED) is 0.265. The predicted molar refractivity (Wildman–Crippen MR) is 150 cm³/mol. The zero-order chi connectivity index (χ0) is 26.6.